The zero-order valence-corrected chi connectivity index (χ0v) is 14.5. The van der Waals surface area contributed by atoms with Gasteiger partial charge in [0.15, 0.2) is 4.34 Å². The highest BCUT2D eigenvalue weighted by atomic mass is 32.2. The van der Waals surface area contributed by atoms with Gasteiger partial charge in [-0.05, 0) is 24.6 Å². The predicted octanol–water partition coefficient (Wildman–Crippen LogP) is 3.94. The van der Waals surface area contributed by atoms with E-state index in [0.717, 1.165) is 4.70 Å². The first-order chi connectivity index (χ1) is 11.1. The van der Waals surface area contributed by atoms with E-state index >= 15 is 0 Å². The van der Waals surface area contributed by atoms with Crippen LogP contribution in [0.4, 0.5) is 9.52 Å². The van der Waals surface area contributed by atoms with E-state index in [1.807, 2.05) is 0 Å². The molecular weight excluding hydrogens is 357 g/mol. The fourth-order valence-electron chi connectivity index (χ4n) is 2.08. The van der Waals surface area contributed by atoms with Gasteiger partial charge in [-0.2, -0.15) is 0 Å². The molecule has 23 heavy (non-hydrogen) atoms. The number of aromatic nitrogens is 2. The minimum atomic E-state index is -0.430. The number of thioether (sulfide) groups is 1. The average Bonchev–Trinajstić information content (AvgIpc) is 3.10. The molecule has 0 aliphatic rings. The van der Waals surface area contributed by atoms with Crippen LogP contribution in [0.3, 0.4) is 0 Å². The highest BCUT2D eigenvalue weighted by molar-refractivity contribution is 8.00. The number of fused-ring (bicyclic) bond motifs is 1. The fourth-order valence-corrected chi connectivity index (χ4v) is 4.97. The number of halogens is 1. The number of hydrogen-bond donors (Lipinski definition) is 1. The van der Waals surface area contributed by atoms with Crippen LogP contribution in [0.25, 0.3) is 10.1 Å². The van der Waals surface area contributed by atoms with E-state index < -0.39 is 5.97 Å². The van der Waals surface area contributed by atoms with Crippen molar-refractivity contribution in [1.82, 2.24) is 10.2 Å². The number of carbonyl (C=O) groups excluding carboxylic acids is 1. The van der Waals surface area contributed by atoms with E-state index in [-0.39, 0.29) is 12.4 Å². The van der Waals surface area contributed by atoms with Gasteiger partial charge in [0, 0.05) is 15.8 Å². The first-order valence-corrected chi connectivity index (χ1v) is 9.30. The highest BCUT2D eigenvalue weighted by Crippen LogP contribution is 2.38. The number of hydrogen-bond acceptors (Lipinski definition) is 8. The Balaban J connectivity index is 2.00. The second-order valence-corrected chi connectivity index (χ2v) is 7.72. The molecule has 9 heteroatoms. The lowest BCUT2D eigenvalue weighted by Crippen LogP contribution is -2.04. The summed E-state index contributed by atoms with van der Waals surface area (Å²) >= 11 is 3.87. The van der Waals surface area contributed by atoms with Crippen LogP contribution in [0.1, 0.15) is 22.2 Å². The summed E-state index contributed by atoms with van der Waals surface area (Å²) in [6.45, 7) is 2.01. The second-order valence-electron chi connectivity index (χ2n) is 4.44. The van der Waals surface area contributed by atoms with Gasteiger partial charge in [0.2, 0.25) is 5.13 Å². The third kappa shape index (κ3) is 3.31. The summed E-state index contributed by atoms with van der Waals surface area (Å²) in [4.78, 5) is 12.6. The van der Waals surface area contributed by atoms with Crippen LogP contribution in [-0.2, 0) is 10.5 Å². The molecule has 0 atom stereocenters. The van der Waals surface area contributed by atoms with Crippen molar-refractivity contribution in [2.24, 2.45) is 0 Å². The van der Waals surface area contributed by atoms with E-state index in [1.165, 1.54) is 40.5 Å². The Bertz CT molecular complexity index is 862. The lowest BCUT2D eigenvalue weighted by Gasteiger charge is -2.04. The number of anilines is 1. The van der Waals surface area contributed by atoms with Gasteiger partial charge in [-0.25, -0.2) is 9.18 Å². The lowest BCUT2D eigenvalue weighted by molar-refractivity contribution is 0.0531. The molecule has 0 bridgehead atoms. The summed E-state index contributed by atoms with van der Waals surface area (Å²) in [6, 6.07) is 4.81. The molecule has 3 aromatic rings. The van der Waals surface area contributed by atoms with Crippen molar-refractivity contribution in [3.63, 3.8) is 0 Å². The van der Waals surface area contributed by atoms with Crippen LogP contribution in [0.5, 0.6) is 0 Å². The summed E-state index contributed by atoms with van der Waals surface area (Å²) < 4.78 is 20.7. The normalized spacial score (nSPS) is 11.0. The summed E-state index contributed by atoms with van der Waals surface area (Å²) in [6.07, 6.45) is 0. The molecule has 0 amide bonds. The molecule has 0 spiro atoms. The monoisotopic (exact) mass is 369 g/mol. The van der Waals surface area contributed by atoms with Crippen LogP contribution in [0, 0.1) is 5.82 Å². The molecule has 5 nitrogen and oxygen atoms in total. The van der Waals surface area contributed by atoms with Crippen molar-refractivity contribution < 1.29 is 13.9 Å². The molecule has 0 unspecified atom stereocenters. The Kier molecular flexibility index (Phi) is 4.79. The van der Waals surface area contributed by atoms with Gasteiger partial charge in [0.05, 0.1) is 6.61 Å². The number of esters is 1. The number of ether oxygens (including phenoxy) is 1. The number of nitrogens with two attached hydrogens (primary N) is 1. The molecule has 1 aromatic carbocycles. The fraction of sp³-hybridized carbons (Fsp3) is 0.214. The second kappa shape index (κ2) is 6.81. The smallest absolute Gasteiger partial charge is 0.348 e. The SMILES string of the molecule is CCOC(=O)c1sc2cccc(F)c2c1CSc1nnc(N)s1. The van der Waals surface area contributed by atoms with Crippen molar-refractivity contribution in [3.05, 3.63) is 34.5 Å². The molecule has 0 aliphatic heterocycles. The van der Waals surface area contributed by atoms with Crippen molar-refractivity contribution in [3.8, 4) is 0 Å². The van der Waals surface area contributed by atoms with Crippen molar-refractivity contribution in [2.45, 2.75) is 17.0 Å². The van der Waals surface area contributed by atoms with Gasteiger partial charge in [0.25, 0.3) is 0 Å². The standard InChI is InChI=1S/C14H12FN3O2S3/c1-2-20-12(19)11-7(6-21-14-18-17-13(16)23-14)10-8(15)4-3-5-9(10)22-11/h3-5H,2,6H2,1H3,(H2,16,17). The zero-order valence-electron chi connectivity index (χ0n) is 12.0. The van der Waals surface area contributed by atoms with Gasteiger partial charge in [-0.3, -0.25) is 0 Å². The molecule has 0 aliphatic carbocycles. The summed E-state index contributed by atoms with van der Waals surface area (Å²) in [5, 5.41) is 8.51. The number of thiophene rings is 1. The molecule has 2 aromatic heterocycles. The van der Waals surface area contributed by atoms with E-state index in [0.29, 0.717) is 31.1 Å². The van der Waals surface area contributed by atoms with Crippen molar-refractivity contribution in [1.29, 1.82) is 0 Å². The molecule has 120 valence electrons. The first-order valence-electron chi connectivity index (χ1n) is 6.69. The number of nitrogens with zero attached hydrogens (tertiary/aromatic N) is 2. The molecule has 0 radical (unpaired) electrons. The maximum absolute atomic E-state index is 14.2. The van der Waals surface area contributed by atoms with Crippen LogP contribution >= 0.6 is 34.4 Å². The van der Waals surface area contributed by atoms with E-state index in [9.17, 15) is 9.18 Å². The number of benzene rings is 1. The summed E-state index contributed by atoms with van der Waals surface area (Å²) in [7, 11) is 0. The van der Waals surface area contributed by atoms with Crippen molar-refractivity contribution in [2.75, 3.05) is 12.3 Å². The largest absolute Gasteiger partial charge is 0.462 e. The van der Waals surface area contributed by atoms with Gasteiger partial charge >= 0.3 is 5.97 Å². The van der Waals surface area contributed by atoms with Crippen LogP contribution in [0.2, 0.25) is 0 Å². The average molecular weight is 369 g/mol. The molecule has 0 saturated carbocycles. The Hall–Kier alpha value is -1.71. The quantitative estimate of drug-likeness (QED) is 0.542. The maximum Gasteiger partial charge on any atom is 0.348 e. The van der Waals surface area contributed by atoms with E-state index in [4.69, 9.17) is 10.5 Å². The summed E-state index contributed by atoms with van der Waals surface area (Å²) in [5.74, 6) is -0.383. The number of carbonyl (C=O) groups is 1. The van der Waals surface area contributed by atoms with Gasteiger partial charge < -0.3 is 10.5 Å². The Morgan fingerprint density at radius 2 is 2.22 bits per heavy atom. The topological polar surface area (TPSA) is 78.1 Å². The number of nitrogen functional groups attached to an aromatic ring is 1. The van der Waals surface area contributed by atoms with Crippen molar-refractivity contribution >= 4 is 55.6 Å². The van der Waals surface area contributed by atoms with Crippen LogP contribution in [0.15, 0.2) is 22.5 Å². The molecule has 0 fully saturated rings. The Labute approximate surface area is 143 Å². The van der Waals surface area contributed by atoms with Gasteiger partial charge in [-0.15, -0.1) is 21.5 Å². The van der Waals surface area contributed by atoms with E-state index in [2.05, 4.69) is 10.2 Å². The summed E-state index contributed by atoms with van der Waals surface area (Å²) in [5.41, 5.74) is 6.18. The molecular formula is C14H12FN3O2S3. The molecule has 3 rings (SSSR count). The molecule has 2 heterocycles. The van der Waals surface area contributed by atoms with E-state index in [1.54, 1.807) is 19.1 Å². The highest BCUT2D eigenvalue weighted by Gasteiger charge is 2.22. The van der Waals surface area contributed by atoms with Crippen LogP contribution < -0.4 is 5.73 Å². The van der Waals surface area contributed by atoms with Gasteiger partial charge in [-0.1, -0.05) is 29.2 Å². The third-order valence-electron chi connectivity index (χ3n) is 2.99. The molecule has 2 N–H and O–H groups in total. The molecule has 0 saturated heterocycles. The first kappa shape index (κ1) is 16.2. The Morgan fingerprint density at radius 1 is 1.39 bits per heavy atom. The Morgan fingerprint density at radius 3 is 2.91 bits per heavy atom. The van der Waals surface area contributed by atoms with Gasteiger partial charge in [0.1, 0.15) is 10.7 Å². The lowest BCUT2D eigenvalue weighted by atomic mass is 10.1. The third-order valence-corrected chi connectivity index (χ3v) is 6.08. The minimum Gasteiger partial charge on any atom is -0.462 e. The maximum atomic E-state index is 14.2. The predicted molar refractivity (Wildman–Crippen MR) is 91.6 cm³/mol. The zero-order chi connectivity index (χ0) is 16.4. The van der Waals surface area contributed by atoms with Crippen LogP contribution in [-0.4, -0.2) is 22.8 Å². The minimum absolute atomic E-state index is 0.273. The number of rotatable bonds is 5.